The number of ether oxygens (including phenoxy) is 1. The lowest BCUT2D eigenvalue weighted by atomic mass is 10.1. The Kier molecular flexibility index (Phi) is 6.42. The summed E-state index contributed by atoms with van der Waals surface area (Å²) in [5, 5.41) is 3.88. The number of amides is 1. The lowest BCUT2D eigenvalue weighted by Crippen LogP contribution is -2.30. The van der Waals surface area contributed by atoms with E-state index in [-0.39, 0.29) is 12.5 Å². The number of fused-ring (bicyclic) bond motifs is 1. The van der Waals surface area contributed by atoms with Crippen LogP contribution in [0.25, 0.3) is 11.0 Å². The van der Waals surface area contributed by atoms with Gasteiger partial charge in [-0.1, -0.05) is 29.8 Å². The number of aryl methyl sites for hydroxylation is 1. The van der Waals surface area contributed by atoms with Crippen LogP contribution in [0.3, 0.4) is 0 Å². The molecule has 0 saturated carbocycles. The Bertz CT molecular complexity index is 1000. The highest BCUT2D eigenvalue weighted by Gasteiger charge is 2.11. The summed E-state index contributed by atoms with van der Waals surface area (Å²) in [5.74, 6) is 0.814. The van der Waals surface area contributed by atoms with E-state index < -0.39 is 5.63 Å². The number of nitrogens with one attached hydrogen (secondary N) is 1. The fourth-order valence-electron chi connectivity index (χ4n) is 2.50. The highest BCUT2D eigenvalue weighted by atomic mass is 35.5. The zero-order valence-electron chi connectivity index (χ0n) is 14.7. The molecular weight excluding hydrogens is 386 g/mol. The van der Waals surface area contributed by atoms with E-state index in [1.54, 1.807) is 24.8 Å². The van der Waals surface area contributed by atoms with Crippen LogP contribution in [-0.4, -0.2) is 24.8 Å². The van der Waals surface area contributed by atoms with Crippen LogP contribution in [0.2, 0.25) is 5.02 Å². The summed E-state index contributed by atoms with van der Waals surface area (Å²) >= 11 is 7.88. The maximum absolute atomic E-state index is 11.9. The number of carbonyl (C=O) groups excluding carboxylic acids is 1. The fraction of sp³-hybridized carbons (Fsp3) is 0.200. The Morgan fingerprint density at radius 2 is 2.00 bits per heavy atom. The number of halogens is 1. The molecule has 7 heteroatoms. The second-order valence-electron chi connectivity index (χ2n) is 5.83. The summed E-state index contributed by atoms with van der Waals surface area (Å²) in [6, 6.07) is 14.6. The molecule has 3 rings (SSSR count). The largest absolute Gasteiger partial charge is 0.482 e. The lowest BCUT2D eigenvalue weighted by molar-refractivity contribution is -0.122. The molecule has 0 bridgehead atoms. The number of rotatable bonds is 7. The molecule has 0 atom stereocenters. The van der Waals surface area contributed by atoms with Gasteiger partial charge in [0, 0.05) is 34.7 Å². The minimum atomic E-state index is -0.443. The van der Waals surface area contributed by atoms with Gasteiger partial charge >= 0.3 is 5.63 Å². The van der Waals surface area contributed by atoms with Gasteiger partial charge in [0.05, 0.1) is 5.02 Å². The minimum absolute atomic E-state index is 0.169. The zero-order valence-corrected chi connectivity index (χ0v) is 16.2. The van der Waals surface area contributed by atoms with E-state index in [1.165, 1.54) is 12.1 Å². The maximum Gasteiger partial charge on any atom is 0.336 e. The summed E-state index contributed by atoms with van der Waals surface area (Å²) in [6.45, 7) is 2.16. The second-order valence-corrected chi connectivity index (χ2v) is 7.40. The van der Waals surface area contributed by atoms with Crippen LogP contribution in [0.15, 0.2) is 62.6 Å². The summed E-state index contributed by atoms with van der Waals surface area (Å²) in [4.78, 5) is 24.6. The quantitative estimate of drug-likeness (QED) is 0.366. The molecule has 0 saturated heterocycles. The number of hydrogen-bond acceptors (Lipinski definition) is 5. The molecule has 0 radical (unpaired) electrons. The average Bonchev–Trinajstić information content (AvgIpc) is 2.65. The van der Waals surface area contributed by atoms with E-state index in [1.807, 2.05) is 30.3 Å². The van der Waals surface area contributed by atoms with Crippen LogP contribution in [-0.2, 0) is 4.79 Å². The molecular formula is C20H18ClNO4S. The molecule has 3 aromatic rings. The van der Waals surface area contributed by atoms with E-state index in [9.17, 15) is 9.59 Å². The first-order chi connectivity index (χ1) is 13.0. The molecule has 0 aliphatic rings. The molecule has 140 valence electrons. The predicted octanol–water partition coefficient (Wildman–Crippen LogP) is 4.04. The Labute approximate surface area is 165 Å². The molecule has 0 unspecified atom stereocenters. The number of benzene rings is 2. The monoisotopic (exact) mass is 403 g/mol. The topological polar surface area (TPSA) is 68.5 Å². The Balaban J connectivity index is 1.52. The van der Waals surface area contributed by atoms with Gasteiger partial charge in [-0.3, -0.25) is 4.79 Å². The number of thioether (sulfide) groups is 1. The molecule has 1 N–H and O–H groups in total. The molecule has 1 amide bonds. The van der Waals surface area contributed by atoms with Gasteiger partial charge in [-0.05, 0) is 30.7 Å². The molecule has 1 heterocycles. The summed E-state index contributed by atoms with van der Waals surface area (Å²) < 4.78 is 10.7. The normalized spacial score (nSPS) is 10.7. The van der Waals surface area contributed by atoms with Gasteiger partial charge in [-0.15, -0.1) is 11.8 Å². The smallest absolute Gasteiger partial charge is 0.336 e. The summed E-state index contributed by atoms with van der Waals surface area (Å²) in [6.07, 6.45) is 0. The van der Waals surface area contributed by atoms with Crippen LogP contribution in [0.1, 0.15) is 5.56 Å². The molecule has 27 heavy (non-hydrogen) atoms. The highest BCUT2D eigenvalue weighted by Crippen LogP contribution is 2.30. The van der Waals surface area contributed by atoms with Crippen LogP contribution in [0.5, 0.6) is 5.75 Å². The van der Waals surface area contributed by atoms with Crippen LogP contribution >= 0.6 is 23.4 Å². The minimum Gasteiger partial charge on any atom is -0.482 e. The van der Waals surface area contributed by atoms with Crippen molar-refractivity contribution in [2.45, 2.75) is 11.8 Å². The molecule has 2 aromatic carbocycles. The molecule has 1 aromatic heterocycles. The standard InChI is InChI=1S/C20H18ClNO4S/c1-13-9-20(24)26-17-11-18(16(21)10-15(13)17)25-12-19(23)22-7-8-27-14-5-3-2-4-6-14/h2-6,9-11H,7-8,12H2,1H3,(H,22,23). The van der Waals surface area contributed by atoms with Gasteiger partial charge in [0.2, 0.25) is 0 Å². The molecule has 0 spiro atoms. The van der Waals surface area contributed by atoms with E-state index >= 15 is 0 Å². The van der Waals surface area contributed by atoms with Crippen LogP contribution in [0.4, 0.5) is 0 Å². The van der Waals surface area contributed by atoms with Crippen LogP contribution in [0, 0.1) is 6.92 Å². The number of hydrogen-bond donors (Lipinski definition) is 1. The van der Waals surface area contributed by atoms with Crippen molar-refractivity contribution >= 4 is 40.2 Å². The van der Waals surface area contributed by atoms with Crippen molar-refractivity contribution in [1.29, 1.82) is 0 Å². The maximum atomic E-state index is 11.9. The van der Waals surface area contributed by atoms with Crippen molar-refractivity contribution < 1.29 is 13.9 Å². The lowest BCUT2D eigenvalue weighted by Gasteiger charge is -2.10. The highest BCUT2D eigenvalue weighted by molar-refractivity contribution is 7.99. The third-order valence-corrected chi connectivity index (χ3v) is 5.11. The van der Waals surface area contributed by atoms with Gasteiger partial charge < -0.3 is 14.5 Å². The van der Waals surface area contributed by atoms with Crippen LogP contribution < -0.4 is 15.7 Å². The molecule has 0 aliphatic heterocycles. The van der Waals surface area contributed by atoms with Crippen molar-refractivity contribution in [3.05, 3.63) is 69.5 Å². The van der Waals surface area contributed by atoms with Crippen molar-refractivity contribution in [2.24, 2.45) is 0 Å². The first kappa shape index (κ1) is 19.3. The SMILES string of the molecule is Cc1cc(=O)oc2cc(OCC(=O)NCCSc3ccccc3)c(Cl)cc12. The first-order valence-corrected chi connectivity index (χ1v) is 9.70. The predicted molar refractivity (Wildman–Crippen MR) is 108 cm³/mol. The Morgan fingerprint density at radius 1 is 1.22 bits per heavy atom. The van der Waals surface area contributed by atoms with Gasteiger partial charge in [-0.25, -0.2) is 4.79 Å². The third kappa shape index (κ3) is 5.28. The number of carbonyl (C=O) groups is 1. The molecule has 0 fully saturated rings. The third-order valence-electron chi connectivity index (χ3n) is 3.80. The Hall–Kier alpha value is -2.44. The molecule has 5 nitrogen and oxygen atoms in total. The van der Waals surface area contributed by atoms with E-state index in [0.29, 0.717) is 22.9 Å². The molecule has 0 aliphatic carbocycles. The first-order valence-electron chi connectivity index (χ1n) is 8.34. The zero-order chi connectivity index (χ0) is 19.2. The van der Waals surface area contributed by atoms with Gasteiger partial charge in [-0.2, -0.15) is 0 Å². The fourth-order valence-corrected chi connectivity index (χ4v) is 3.51. The van der Waals surface area contributed by atoms with Crippen molar-refractivity contribution in [3.63, 3.8) is 0 Å². The van der Waals surface area contributed by atoms with Crippen molar-refractivity contribution in [2.75, 3.05) is 18.9 Å². The second kappa shape index (κ2) is 8.97. The van der Waals surface area contributed by atoms with Crippen molar-refractivity contribution in [1.82, 2.24) is 5.32 Å². The van der Waals surface area contributed by atoms with E-state index in [2.05, 4.69) is 5.32 Å². The van der Waals surface area contributed by atoms with Crippen molar-refractivity contribution in [3.8, 4) is 5.75 Å². The Morgan fingerprint density at radius 3 is 2.78 bits per heavy atom. The van der Waals surface area contributed by atoms with Gasteiger partial charge in [0.1, 0.15) is 11.3 Å². The van der Waals surface area contributed by atoms with Gasteiger partial charge in [0.25, 0.3) is 5.91 Å². The van der Waals surface area contributed by atoms with E-state index in [0.717, 1.165) is 21.6 Å². The summed E-state index contributed by atoms with van der Waals surface area (Å²) in [5.41, 5.74) is 0.698. The van der Waals surface area contributed by atoms with E-state index in [4.69, 9.17) is 20.8 Å². The summed E-state index contributed by atoms with van der Waals surface area (Å²) in [7, 11) is 0. The average molecular weight is 404 g/mol. The van der Waals surface area contributed by atoms with Gasteiger partial charge in [0.15, 0.2) is 6.61 Å².